The SMILES string of the molecule is CCCCOC1CCCCCCCCCCC1N. The molecule has 0 saturated heterocycles. The number of hydrogen-bond acceptors (Lipinski definition) is 2. The van der Waals surface area contributed by atoms with Crippen LogP contribution in [0.1, 0.15) is 84.0 Å². The maximum Gasteiger partial charge on any atom is 0.0725 e. The molecule has 1 aliphatic rings. The van der Waals surface area contributed by atoms with Gasteiger partial charge < -0.3 is 10.5 Å². The molecule has 0 heterocycles. The van der Waals surface area contributed by atoms with Gasteiger partial charge in [0.2, 0.25) is 0 Å². The van der Waals surface area contributed by atoms with Crippen molar-refractivity contribution in [2.75, 3.05) is 6.61 Å². The summed E-state index contributed by atoms with van der Waals surface area (Å²) in [6.07, 6.45) is 16.0. The Hall–Kier alpha value is -0.0800. The molecule has 108 valence electrons. The van der Waals surface area contributed by atoms with Crippen LogP contribution in [0, 0.1) is 0 Å². The van der Waals surface area contributed by atoms with E-state index in [2.05, 4.69) is 6.92 Å². The van der Waals surface area contributed by atoms with Crippen LogP contribution in [0.5, 0.6) is 0 Å². The molecule has 0 bridgehead atoms. The second-order valence-corrected chi connectivity index (χ2v) is 5.83. The van der Waals surface area contributed by atoms with Crippen LogP contribution in [0.25, 0.3) is 0 Å². The van der Waals surface area contributed by atoms with Crippen molar-refractivity contribution < 1.29 is 4.74 Å². The minimum Gasteiger partial charge on any atom is -0.377 e. The zero-order valence-corrected chi connectivity index (χ0v) is 12.3. The third kappa shape index (κ3) is 7.38. The molecule has 0 amide bonds. The molecule has 0 aromatic rings. The summed E-state index contributed by atoms with van der Waals surface area (Å²) in [4.78, 5) is 0. The maximum atomic E-state index is 6.32. The first kappa shape index (κ1) is 16.0. The summed E-state index contributed by atoms with van der Waals surface area (Å²) in [5, 5.41) is 0. The Balaban J connectivity index is 2.32. The van der Waals surface area contributed by atoms with E-state index in [1.807, 2.05) is 0 Å². The van der Waals surface area contributed by atoms with E-state index in [1.54, 1.807) is 0 Å². The predicted molar refractivity (Wildman–Crippen MR) is 78.8 cm³/mol. The van der Waals surface area contributed by atoms with Crippen LogP contribution in [0.4, 0.5) is 0 Å². The molecule has 0 aromatic heterocycles. The molecule has 0 aromatic carbocycles. The Bertz CT molecular complexity index is 184. The van der Waals surface area contributed by atoms with Crippen molar-refractivity contribution in [3.8, 4) is 0 Å². The van der Waals surface area contributed by atoms with Crippen molar-refractivity contribution in [2.24, 2.45) is 5.73 Å². The molecule has 2 unspecified atom stereocenters. The van der Waals surface area contributed by atoms with E-state index >= 15 is 0 Å². The lowest BCUT2D eigenvalue weighted by Gasteiger charge is -2.25. The minimum absolute atomic E-state index is 0.265. The summed E-state index contributed by atoms with van der Waals surface area (Å²) in [6.45, 7) is 3.11. The molecular weight excluding hydrogens is 222 g/mol. The second-order valence-electron chi connectivity index (χ2n) is 5.83. The quantitative estimate of drug-likeness (QED) is 0.755. The lowest BCUT2D eigenvalue weighted by molar-refractivity contribution is 0.0240. The maximum absolute atomic E-state index is 6.32. The van der Waals surface area contributed by atoms with Crippen molar-refractivity contribution in [2.45, 2.75) is 96.1 Å². The average molecular weight is 255 g/mol. The van der Waals surface area contributed by atoms with E-state index in [0.717, 1.165) is 13.0 Å². The smallest absolute Gasteiger partial charge is 0.0725 e. The van der Waals surface area contributed by atoms with Crippen LogP contribution < -0.4 is 5.73 Å². The van der Waals surface area contributed by atoms with Crippen LogP contribution in [0.15, 0.2) is 0 Å². The van der Waals surface area contributed by atoms with E-state index in [4.69, 9.17) is 10.5 Å². The zero-order valence-electron chi connectivity index (χ0n) is 12.3. The Labute approximate surface area is 114 Å². The first-order valence-electron chi connectivity index (χ1n) is 8.21. The summed E-state index contributed by atoms with van der Waals surface area (Å²) >= 11 is 0. The van der Waals surface area contributed by atoms with Gasteiger partial charge >= 0.3 is 0 Å². The monoisotopic (exact) mass is 255 g/mol. The minimum atomic E-state index is 0.265. The van der Waals surface area contributed by atoms with Crippen molar-refractivity contribution in [3.05, 3.63) is 0 Å². The van der Waals surface area contributed by atoms with Gasteiger partial charge in [0.15, 0.2) is 0 Å². The zero-order chi connectivity index (χ0) is 13.1. The predicted octanol–water partition coefficient (Wildman–Crippen LogP) is 4.41. The molecule has 0 aliphatic heterocycles. The van der Waals surface area contributed by atoms with Crippen LogP contribution in [0.2, 0.25) is 0 Å². The normalized spacial score (nSPS) is 28.3. The Kier molecular flexibility index (Phi) is 9.59. The van der Waals surface area contributed by atoms with Gasteiger partial charge in [0.25, 0.3) is 0 Å². The van der Waals surface area contributed by atoms with E-state index in [9.17, 15) is 0 Å². The summed E-state index contributed by atoms with van der Waals surface area (Å²) in [5.41, 5.74) is 6.32. The van der Waals surface area contributed by atoms with Crippen LogP contribution in [-0.4, -0.2) is 18.8 Å². The highest BCUT2D eigenvalue weighted by molar-refractivity contribution is 4.74. The van der Waals surface area contributed by atoms with Gasteiger partial charge in [0, 0.05) is 12.6 Å². The van der Waals surface area contributed by atoms with Gasteiger partial charge in [-0.3, -0.25) is 0 Å². The molecule has 1 rings (SSSR count). The van der Waals surface area contributed by atoms with Crippen molar-refractivity contribution in [1.82, 2.24) is 0 Å². The highest BCUT2D eigenvalue weighted by Gasteiger charge is 2.18. The third-order valence-electron chi connectivity index (χ3n) is 4.08. The van der Waals surface area contributed by atoms with Gasteiger partial charge in [-0.05, 0) is 19.3 Å². The van der Waals surface area contributed by atoms with Crippen LogP contribution in [0.3, 0.4) is 0 Å². The number of unbranched alkanes of at least 4 members (excludes halogenated alkanes) is 1. The highest BCUT2D eigenvalue weighted by Crippen LogP contribution is 2.18. The van der Waals surface area contributed by atoms with Crippen LogP contribution >= 0.6 is 0 Å². The van der Waals surface area contributed by atoms with E-state index in [-0.39, 0.29) is 6.04 Å². The molecule has 2 nitrogen and oxygen atoms in total. The van der Waals surface area contributed by atoms with Gasteiger partial charge in [-0.15, -0.1) is 0 Å². The molecule has 0 radical (unpaired) electrons. The molecule has 18 heavy (non-hydrogen) atoms. The summed E-state index contributed by atoms with van der Waals surface area (Å²) in [5.74, 6) is 0. The van der Waals surface area contributed by atoms with Gasteiger partial charge in [-0.1, -0.05) is 64.7 Å². The van der Waals surface area contributed by atoms with E-state index in [0.29, 0.717) is 6.10 Å². The van der Waals surface area contributed by atoms with Crippen molar-refractivity contribution >= 4 is 0 Å². The third-order valence-corrected chi connectivity index (χ3v) is 4.08. The lowest BCUT2D eigenvalue weighted by Crippen LogP contribution is -2.37. The standard InChI is InChI=1S/C16H33NO/c1-2-3-14-18-16-13-11-9-7-5-4-6-8-10-12-15(16)17/h15-16H,2-14,17H2,1H3. The van der Waals surface area contributed by atoms with Crippen LogP contribution in [-0.2, 0) is 4.74 Å². The van der Waals surface area contributed by atoms with Gasteiger partial charge in [-0.2, -0.15) is 0 Å². The average Bonchev–Trinajstić information content (AvgIpc) is 2.37. The number of ether oxygens (including phenoxy) is 1. The summed E-state index contributed by atoms with van der Waals surface area (Å²) < 4.78 is 6.01. The van der Waals surface area contributed by atoms with Gasteiger partial charge in [-0.25, -0.2) is 0 Å². The fraction of sp³-hybridized carbons (Fsp3) is 1.00. The lowest BCUT2D eigenvalue weighted by atomic mass is 9.96. The van der Waals surface area contributed by atoms with E-state index < -0.39 is 0 Å². The molecule has 1 aliphatic carbocycles. The molecule has 2 heteroatoms. The molecule has 1 fully saturated rings. The fourth-order valence-corrected chi connectivity index (χ4v) is 2.77. The highest BCUT2D eigenvalue weighted by atomic mass is 16.5. The van der Waals surface area contributed by atoms with E-state index in [1.165, 1.54) is 70.6 Å². The van der Waals surface area contributed by atoms with Gasteiger partial charge in [0.05, 0.1) is 6.10 Å². The topological polar surface area (TPSA) is 35.2 Å². The first-order valence-corrected chi connectivity index (χ1v) is 8.21. The number of nitrogens with two attached hydrogens (primary N) is 1. The molecule has 2 atom stereocenters. The number of rotatable bonds is 4. The first-order chi connectivity index (χ1) is 8.84. The molecule has 2 N–H and O–H groups in total. The fourth-order valence-electron chi connectivity index (χ4n) is 2.77. The largest absolute Gasteiger partial charge is 0.377 e. The van der Waals surface area contributed by atoms with Gasteiger partial charge in [0.1, 0.15) is 0 Å². The Morgan fingerprint density at radius 1 is 0.889 bits per heavy atom. The Morgan fingerprint density at radius 3 is 2.06 bits per heavy atom. The second kappa shape index (κ2) is 10.8. The molecular formula is C16H33NO. The number of hydrogen-bond donors (Lipinski definition) is 1. The molecule has 0 spiro atoms. The Morgan fingerprint density at radius 2 is 1.44 bits per heavy atom. The van der Waals surface area contributed by atoms with Crippen molar-refractivity contribution in [3.63, 3.8) is 0 Å². The molecule has 1 saturated carbocycles. The van der Waals surface area contributed by atoms with Crippen molar-refractivity contribution in [1.29, 1.82) is 0 Å². The summed E-state index contributed by atoms with van der Waals surface area (Å²) in [7, 11) is 0. The summed E-state index contributed by atoms with van der Waals surface area (Å²) in [6, 6.07) is 0.265.